The van der Waals surface area contributed by atoms with E-state index >= 15 is 0 Å². The van der Waals surface area contributed by atoms with Crippen LogP contribution in [-0.4, -0.2) is 28.5 Å². The van der Waals surface area contributed by atoms with Gasteiger partial charge >= 0.3 is 0 Å². The maximum atomic E-state index is 12.5. The van der Waals surface area contributed by atoms with E-state index in [4.69, 9.17) is 9.47 Å². The predicted molar refractivity (Wildman–Crippen MR) is 121 cm³/mol. The summed E-state index contributed by atoms with van der Waals surface area (Å²) >= 11 is 0. The highest BCUT2D eigenvalue weighted by Gasteiger charge is 2.14. The molecule has 7 nitrogen and oxygen atoms in total. The fourth-order valence-electron chi connectivity index (χ4n) is 2.66. The van der Waals surface area contributed by atoms with Crippen molar-refractivity contribution in [3.8, 4) is 11.5 Å². The van der Waals surface area contributed by atoms with Crippen LogP contribution in [0, 0.1) is 0 Å². The van der Waals surface area contributed by atoms with Crippen LogP contribution in [-0.2, 0) is 14.8 Å². The van der Waals surface area contributed by atoms with Crippen molar-refractivity contribution in [1.29, 1.82) is 0 Å². The molecule has 3 rings (SSSR count). The van der Waals surface area contributed by atoms with Gasteiger partial charge in [0, 0.05) is 17.5 Å². The third kappa shape index (κ3) is 6.10. The highest BCUT2D eigenvalue weighted by molar-refractivity contribution is 7.92. The molecule has 0 saturated carbocycles. The average Bonchev–Trinajstić information content (AvgIpc) is 2.78. The number of hydrogen-bond acceptors (Lipinski definition) is 5. The van der Waals surface area contributed by atoms with E-state index in [0.717, 1.165) is 11.3 Å². The summed E-state index contributed by atoms with van der Waals surface area (Å²) in [5, 5.41) is 2.70. The Kier molecular flexibility index (Phi) is 6.94. The van der Waals surface area contributed by atoms with E-state index in [1.54, 1.807) is 49.6 Å². The molecule has 0 aliphatic rings. The van der Waals surface area contributed by atoms with Crippen molar-refractivity contribution in [3.05, 3.63) is 84.4 Å². The molecule has 0 aliphatic carbocycles. The number of ether oxygens (including phenoxy) is 2. The summed E-state index contributed by atoms with van der Waals surface area (Å²) in [6, 6.07) is 19.7. The molecular formula is C23H22N2O5S. The quantitative estimate of drug-likeness (QED) is 0.515. The second-order valence-corrected chi connectivity index (χ2v) is 8.14. The van der Waals surface area contributed by atoms with E-state index in [2.05, 4.69) is 10.0 Å². The Hall–Kier alpha value is -3.78. The monoisotopic (exact) mass is 438 g/mol. The third-order valence-electron chi connectivity index (χ3n) is 4.32. The van der Waals surface area contributed by atoms with Gasteiger partial charge in [-0.05, 0) is 72.3 Å². The van der Waals surface area contributed by atoms with Crippen molar-refractivity contribution in [2.45, 2.75) is 4.90 Å². The molecule has 3 aromatic carbocycles. The number of methoxy groups -OCH3 is 2. The molecule has 8 heteroatoms. The van der Waals surface area contributed by atoms with Crippen molar-refractivity contribution in [1.82, 2.24) is 0 Å². The third-order valence-corrected chi connectivity index (χ3v) is 5.71. The van der Waals surface area contributed by atoms with E-state index in [0.29, 0.717) is 17.1 Å². The van der Waals surface area contributed by atoms with Gasteiger partial charge in [-0.3, -0.25) is 9.52 Å². The number of anilines is 2. The van der Waals surface area contributed by atoms with Gasteiger partial charge in [-0.25, -0.2) is 8.42 Å². The van der Waals surface area contributed by atoms with Gasteiger partial charge in [-0.2, -0.15) is 0 Å². The summed E-state index contributed by atoms with van der Waals surface area (Å²) in [6.45, 7) is 0. The zero-order valence-electron chi connectivity index (χ0n) is 17.0. The van der Waals surface area contributed by atoms with Crippen LogP contribution in [0.15, 0.2) is 83.8 Å². The molecule has 31 heavy (non-hydrogen) atoms. The second kappa shape index (κ2) is 9.82. The van der Waals surface area contributed by atoms with Gasteiger partial charge in [0.15, 0.2) is 0 Å². The first-order chi connectivity index (χ1) is 14.9. The first-order valence-electron chi connectivity index (χ1n) is 9.30. The van der Waals surface area contributed by atoms with Crippen molar-refractivity contribution >= 4 is 33.4 Å². The van der Waals surface area contributed by atoms with E-state index in [9.17, 15) is 13.2 Å². The van der Waals surface area contributed by atoms with E-state index in [1.807, 2.05) is 12.1 Å². The summed E-state index contributed by atoms with van der Waals surface area (Å²) in [7, 11) is -0.635. The predicted octanol–water partition coefficient (Wildman–Crippen LogP) is 4.16. The van der Waals surface area contributed by atoms with Crippen LogP contribution in [0.2, 0.25) is 0 Å². The largest absolute Gasteiger partial charge is 0.497 e. The normalized spacial score (nSPS) is 11.2. The summed E-state index contributed by atoms with van der Waals surface area (Å²) in [6.07, 6.45) is 3.07. The Morgan fingerprint density at radius 1 is 0.774 bits per heavy atom. The van der Waals surface area contributed by atoms with Crippen LogP contribution in [0.4, 0.5) is 11.4 Å². The van der Waals surface area contributed by atoms with Crippen molar-refractivity contribution in [2.24, 2.45) is 0 Å². The molecular weight excluding hydrogens is 416 g/mol. The number of hydrogen-bond donors (Lipinski definition) is 2. The number of carbonyl (C=O) groups excluding carboxylic acids is 1. The highest BCUT2D eigenvalue weighted by atomic mass is 32.2. The Morgan fingerprint density at radius 3 is 1.84 bits per heavy atom. The van der Waals surface area contributed by atoms with Gasteiger partial charge in [-0.15, -0.1) is 0 Å². The number of rotatable bonds is 8. The van der Waals surface area contributed by atoms with Gasteiger partial charge in [0.05, 0.1) is 19.1 Å². The molecule has 0 bridgehead atoms. The van der Waals surface area contributed by atoms with Crippen LogP contribution >= 0.6 is 0 Å². The number of sulfonamides is 1. The number of amides is 1. The van der Waals surface area contributed by atoms with Crippen LogP contribution < -0.4 is 19.5 Å². The first kappa shape index (κ1) is 21.9. The zero-order chi connectivity index (χ0) is 22.3. The molecule has 0 fully saturated rings. The lowest BCUT2D eigenvalue weighted by atomic mass is 10.2. The molecule has 0 spiro atoms. The lowest BCUT2D eigenvalue weighted by Crippen LogP contribution is -2.13. The van der Waals surface area contributed by atoms with Gasteiger partial charge in [0.2, 0.25) is 5.91 Å². The van der Waals surface area contributed by atoms with Gasteiger partial charge in [0.1, 0.15) is 11.5 Å². The van der Waals surface area contributed by atoms with Crippen molar-refractivity contribution < 1.29 is 22.7 Å². The van der Waals surface area contributed by atoms with Gasteiger partial charge < -0.3 is 14.8 Å². The molecule has 2 N–H and O–H groups in total. The minimum Gasteiger partial charge on any atom is -0.497 e. The van der Waals surface area contributed by atoms with Crippen LogP contribution in [0.1, 0.15) is 5.56 Å². The van der Waals surface area contributed by atoms with E-state index in [-0.39, 0.29) is 10.8 Å². The topological polar surface area (TPSA) is 93.7 Å². The summed E-state index contributed by atoms with van der Waals surface area (Å²) in [4.78, 5) is 12.2. The SMILES string of the molecule is COc1ccc(C=CC(=O)Nc2ccc(S(=O)(=O)Nc3ccc(OC)cc3)cc2)cc1. The van der Waals surface area contributed by atoms with Crippen molar-refractivity contribution in [3.63, 3.8) is 0 Å². The Balaban J connectivity index is 1.61. The average molecular weight is 439 g/mol. The molecule has 0 aromatic heterocycles. The summed E-state index contributed by atoms with van der Waals surface area (Å²) in [5.41, 5.74) is 1.75. The fourth-order valence-corrected chi connectivity index (χ4v) is 3.72. The maximum absolute atomic E-state index is 12.5. The minimum atomic E-state index is -3.76. The lowest BCUT2D eigenvalue weighted by Gasteiger charge is -2.09. The Bertz CT molecular complexity index is 1150. The molecule has 0 radical (unpaired) electrons. The standard InChI is InChI=1S/C23H22N2O5S/c1-29-20-10-3-17(4-11-20)5-16-23(26)24-18-8-14-22(15-9-18)31(27,28)25-19-6-12-21(30-2)13-7-19/h3-16,25H,1-2H3,(H,24,26). The van der Waals surface area contributed by atoms with E-state index in [1.165, 1.54) is 37.5 Å². The molecule has 160 valence electrons. The molecule has 1 amide bonds. The molecule has 0 unspecified atom stereocenters. The van der Waals surface area contributed by atoms with Crippen LogP contribution in [0.25, 0.3) is 6.08 Å². The number of benzene rings is 3. The summed E-state index contributed by atoms with van der Waals surface area (Å²) in [5.74, 6) is 1.03. The lowest BCUT2D eigenvalue weighted by molar-refractivity contribution is -0.111. The maximum Gasteiger partial charge on any atom is 0.261 e. The molecule has 0 heterocycles. The zero-order valence-corrected chi connectivity index (χ0v) is 17.8. The second-order valence-electron chi connectivity index (χ2n) is 6.45. The van der Waals surface area contributed by atoms with Gasteiger partial charge in [-0.1, -0.05) is 12.1 Å². The van der Waals surface area contributed by atoms with E-state index < -0.39 is 10.0 Å². The smallest absolute Gasteiger partial charge is 0.261 e. The Morgan fingerprint density at radius 2 is 1.29 bits per heavy atom. The molecule has 0 saturated heterocycles. The van der Waals surface area contributed by atoms with Crippen LogP contribution in [0.5, 0.6) is 11.5 Å². The highest BCUT2D eigenvalue weighted by Crippen LogP contribution is 2.20. The number of nitrogens with one attached hydrogen (secondary N) is 2. The Labute approximate surface area is 181 Å². The first-order valence-corrected chi connectivity index (χ1v) is 10.8. The number of carbonyl (C=O) groups is 1. The fraction of sp³-hybridized carbons (Fsp3) is 0.0870. The molecule has 0 atom stereocenters. The van der Waals surface area contributed by atoms with Crippen LogP contribution in [0.3, 0.4) is 0 Å². The molecule has 0 aliphatic heterocycles. The minimum absolute atomic E-state index is 0.0788. The molecule has 3 aromatic rings. The van der Waals surface area contributed by atoms with Gasteiger partial charge in [0.25, 0.3) is 10.0 Å². The summed E-state index contributed by atoms with van der Waals surface area (Å²) < 4.78 is 37.7. The van der Waals surface area contributed by atoms with Crippen molar-refractivity contribution in [2.75, 3.05) is 24.3 Å².